The lowest BCUT2D eigenvalue weighted by Gasteiger charge is -2.53. The summed E-state index contributed by atoms with van der Waals surface area (Å²) in [4.78, 5) is 0. The number of ether oxygens (including phenoxy) is 4. The van der Waals surface area contributed by atoms with Crippen molar-refractivity contribution in [2.75, 3.05) is 26.9 Å². The molecule has 1 aliphatic carbocycles. The van der Waals surface area contributed by atoms with E-state index in [2.05, 4.69) is 6.07 Å². The van der Waals surface area contributed by atoms with Gasteiger partial charge in [0.2, 0.25) is 0 Å². The van der Waals surface area contributed by atoms with Gasteiger partial charge in [-0.25, -0.2) is 4.39 Å². The summed E-state index contributed by atoms with van der Waals surface area (Å²) in [6, 6.07) is 12.0. The predicted octanol–water partition coefficient (Wildman–Crippen LogP) is 5.84. The first kappa shape index (κ1) is 20.2. The van der Waals surface area contributed by atoms with E-state index < -0.39 is 0 Å². The minimum absolute atomic E-state index is 0.253. The maximum absolute atomic E-state index is 13.2. The van der Waals surface area contributed by atoms with Gasteiger partial charge in [-0.1, -0.05) is 0 Å². The highest BCUT2D eigenvalue weighted by Gasteiger charge is 2.50. The average Bonchev–Trinajstić information content (AvgIpc) is 2.76. The number of benzene rings is 2. The van der Waals surface area contributed by atoms with E-state index in [0.29, 0.717) is 11.5 Å². The Morgan fingerprint density at radius 3 is 2.31 bits per heavy atom. The molecule has 0 N–H and O–H groups in total. The van der Waals surface area contributed by atoms with Crippen molar-refractivity contribution in [1.82, 2.24) is 0 Å². The first-order chi connectivity index (χ1) is 14.1. The van der Waals surface area contributed by atoms with Crippen LogP contribution in [0.5, 0.6) is 17.2 Å². The van der Waals surface area contributed by atoms with Crippen LogP contribution in [0.2, 0.25) is 0 Å². The molecule has 156 valence electrons. The van der Waals surface area contributed by atoms with E-state index in [-0.39, 0.29) is 16.8 Å². The normalized spacial score (nSPS) is 25.8. The lowest BCUT2D eigenvalue weighted by molar-refractivity contribution is -0.194. The number of rotatable bonds is 8. The fraction of sp³-hybridized carbons (Fsp3) is 0.500. The van der Waals surface area contributed by atoms with Crippen molar-refractivity contribution in [3.63, 3.8) is 0 Å². The molecule has 29 heavy (non-hydrogen) atoms. The second-order valence-electron chi connectivity index (χ2n) is 8.18. The van der Waals surface area contributed by atoms with Gasteiger partial charge in [-0.3, -0.25) is 0 Å². The van der Waals surface area contributed by atoms with Crippen LogP contribution in [0.3, 0.4) is 0 Å². The molecule has 0 amide bonds. The molecule has 4 nitrogen and oxygen atoms in total. The molecule has 2 heterocycles. The second kappa shape index (κ2) is 8.33. The van der Waals surface area contributed by atoms with E-state index >= 15 is 0 Å². The number of hydrogen-bond acceptors (Lipinski definition) is 4. The molecule has 2 aromatic carbocycles. The van der Waals surface area contributed by atoms with Crippen molar-refractivity contribution in [3.05, 3.63) is 53.8 Å². The van der Waals surface area contributed by atoms with E-state index in [4.69, 9.17) is 18.9 Å². The Balaban J connectivity index is 1.53. The molecule has 3 fully saturated rings. The molecule has 5 heteroatoms. The van der Waals surface area contributed by atoms with Gasteiger partial charge in [-0.15, -0.1) is 0 Å². The van der Waals surface area contributed by atoms with Crippen molar-refractivity contribution < 1.29 is 23.3 Å². The first-order valence-corrected chi connectivity index (χ1v) is 10.4. The largest absolute Gasteiger partial charge is 0.497 e. The number of halogens is 1. The highest BCUT2D eigenvalue weighted by Crippen LogP contribution is 2.55. The molecule has 0 spiro atoms. The molecule has 2 saturated heterocycles. The van der Waals surface area contributed by atoms with Gasteiger partial charge in [0.05, 0.1) is 19.3 Å². The second-order valence-corrected chi connectivity index (χ2v) is 8.18. The Labute approximate surface area is 171 Å². The van der Waals surface area contributed by atoms with Crippen LogP contribution in [0.15, 0.2) is 42.5 Å². The summed E-state index contributed by atoms with van der Waals surface area (Å²) in [5.41, 5.74) is 1.05. The molecular weight excluding hydrogens is 371 g/mol. The van der Waals surface area contributed by atoms with E-state index in [1.54, 1.807) is 19.2 Å². The Bertz CT molecular complexity index is 809. The summed E-state index contributed by atoms with van der Waals surface area (Å²) in [7, 11) is 1.65. The first-order valence-electron chi connectivity index (χ1n) is 10.4. The van der Waals surface area contributed by atoms with Crippen LogP contribution >= 0.6 is 0 Å². The fourth-order valence-electron chi connectivity index (χ4n) is 4.54. The maximum Gasteiger partial charge on any atom is 0.131 e. The molecule has 3 aliphatic rings. The standard InChI is InChI=1S/C24H29FO4/c1-3-27-13-12-23-8-10-24(11-9-23,28-17-23)18-14-21(26-2)16-22(15-18)29-20-6-4-19(25)5-7-20/h4-7,14-16H,3,8-13,17H2,1-2H3. The summed E-state index contributed by atoms with van der Waals surface area (Å²) in [6.45, 7) is 4.38. The monoisotopic (exact) mass is 400 g/mol. The highest BCUT2D eigenvalue weighted by atomic mass is 19.1. The third-order valence-electron chi connectivity index (χ3n) is 6.45. The van der Waals surface area contributed by atoms with Crippen LogP contribution in [0.4, 0.5) is 4.39 Å². The number of hydrogen-bond donors (Lipinski definition) is 0. The van der Waals surface area contributed by atoms with Crippen molar-refractivity contribution in [2.45, 2.75) is 44.6 Å². The fourth-order valence-corrected chi connectivity index (χ4v) is 4.54. The Kier molecular flexibility index (Phi) is 5.79. The number of fused-ring (bicyclic) bond motifs is 3. The van der Waals surface area contributed by atoms with Crippen LogP contribution in [0, 0.1) is 11.2 Å². The summed E-state index contributed by atoms with van der Waals surface area (Å²) in [5.74, 6) is 1.71. The Hall–Kier alpha value is -2.11. The van der Waals surface area contributed by atoms with Crippen LogP contribution in [-0.2, 0) is 15.1 Å². The zero-order valence-corrected chi connectivity index (χ0v) is 17.2. The molecule has 0 aromatic heterocycles. The van der Waals surface area contributed by atoms with E-state index in [1.807, 2.05) is 19.1 Å². The molecule has 2 aromatic rings. The molecule has 2 bridgehead atoms. The van der Waals surface area contributed by atoms with E-state index in [9.17, 15) is 4.39 Å². The van der Waals surface area contributed by atoms with Gasteiger partial charge in [0.25, 0.3) is 0 Å². The molecule has 1 saturated carbocycles. The van der Waals surface area contributed by atoms with Gasteiger partial charge in [-0.05, 0) is 86.4 Å². The zero-order chi connectivity index (χ0) is 20.3. The minimum atomic E-state index is -0.289. The average molecular weight is 400 g/mol. The van der Waals surface area contributed by atoms with Gasteiger partial charge < -0.3 is 18.9 Å². The number of methoxy groups -OCH3 is 1. The molecule has 5 rings (SSSR count). The lowest BCUT2D eigenvalue weighted by Crippen LogP contribution is -2.49. The zero-order valence-electron chi connectivity index (χ0n) is 17.2. The molecular formula is C24H29FO4. The summed E-state index contributed by atoms with van der Waals surface area (Å²) in [5, 5.41) is 0. The van der Waals surface area contributed by atoms with Gasteiger partial charge in [0.1, 0.15) is 23.1 Å². The van der Waals surface area contributed by atoms with Crippen LogP contribution in [0.25, 0.3) is 0 Å². The van der Waals surface area contributed by atoms with Crippen LogP contribution in [-0.4, -0.2) is 26.9 Å². The van der Waals surface area contributed by atoms with Gasteiger partial charge in [0.15, 0.2) is 0 Å². The van der Waals surface area contributed by atoms with Crippen LogP contribution in [0.1, 0.15) is 44.6 Å². The Morgan fingerprint density at radius 1 is 0.966 bits per heavy atom. The summed E-state index contributed by atoms with van der Waals surface area (Å²) in [6.07, 6.45) is 5.33. The molecule has 2 aliphatic heterocycles. The molecule has 0 unspecified atom stereocenters. The minimum Gasteiger partial charge on any atom is -0.497 e. The summed E-state index contributed by atoms with van der Waals surface area (Å²) < 4.78 is 36.8. The summed E-state index contributed by atoms with van der Waals surface area (Å²) >= 11 is 0. The van der Waals surface area contributed by atoms with Crippen molar-refractivity contribution in [1.29, 1.82) is 0 Å². The lowest BCUT2D eigenvalue weighted by atomic mass is 9.63. The molecule has 0 radical (unpaired) electrons. The SMILES string of the molecule is CCOCCC12CCC(c3cc(OC)cc(Oc4ccc(F)cc4)c3)(CC1)OC2. The van der Waals surface area contributed by atoms with Crippen LogP contribution < -0.4 is 9.47 Å². The quantitative estimate of drug-likeness (QED) is 0.522. The highest BCUT2D eigenvalue weighted by molar-refractivity contribution is 5.43. The van der Waals surface area contributed by atoms with Crippen molar-refractivity contribution in [2.24, 2.45) is 5.41 Å². The van der Waals surface area contributed by atoms with Gasteiger partial charge >= 0.3 is 0 Å². The Morgan fingerprint density at radius 2 is 1.69 bits per heavy atom. The maximum atomic E-state index is 13.2. The smallest absolute Gasteiger partial charge is 0.131 e. The van der Waals surface area contributed by atoms with Crippen molar-refractivity contribution >= 4 is 0 Å². The van der Waals surface area contributed by atoms with E-state index in [1.165, 1.54) is 12.1 Å². The van der Waals surface area contributed by atoms with Gasteiger partial charge in [-0.2, -0.15) is 0 Å². The van der Waals surface area contributed by atoms with Gasteiger partial charge in [0, 0.05) is 19.3 Å². The van der Waals surface area contributed by atoms with Crippen molar-refractivity contribution in [3.8, 4) is 17.2 Å². The third kappa shape index (κ3) is 4.26. The van der Waals surface area contributed by atoms with E-state index in [0.717, 1.165) is 63.2 Å². The third-order valence-corrected chi connectivity index (χ3v) is 6.45. The topological polar surface area (TPSA) is 36.9 Å². The molecule has 0 atom stereocenters. The predicted molar refractivity (Wildman–Crippen MR) is 109 cm³/mol.